The summed E-state index contributed by atoms with van der Waals surface area (Å²) in [6, 6.07) is -0.454. The number of ether oxygens (including phenoxy) is 1. The van der Waals surface area contributed by atoms with Crippen LogP contribution in [0.2, 0.25) is 0 Å². The first-order valence-electron chi connectivity index (χ1n) is 6.62. The Morgan fingerprint density at radius 2 is 1.94 bits per heavy atom. The van der Waals surface area contributed by atoms with Crippen molar-refractivity contribution in [3.63, 3.8) is 0 Å². The summed E-state index contributed by atoms with van der Waals surface area (Å²) in [7, 11) is 0. The number of hydrogen-bond acceptors (Lipinski definition) is 3. The number of likely N-dealkylation sites (tertiary alicyclic amines) is 1. The van der Waals surface area contributed by atoms with Gasteiger partial charge < -0.3 is 15.0 Å². The summed E-state index contributed by atoms with van der Waals surface area (Å²) in [5, 5.41) is 2.67. The van der Waals surface area contributed by atoms with Crippen molar-refractivity contribution in [2.24, 2.45) is 0 Å². The molecule has 2 amide bonds. The maximum atomic E-state index is 12.1. The number of rotatable bonds is 4. The monoisotopic (exact) mass is 256 g/mol. The molecule has 1 atom stereocenters. The summed E-state index contributed by atoms with van der Waals surface area (Å²) >= 11 is 0. The Kier molecular flexibility index (Phi) is 4.99. The molecule has 1 aliphatic rings. The molecular weight excluding hydrogens is 232 g/mol. The largest absolute Gasteiger partial charge is 0.444 e. The zero-order chi connectivity index (χ0) is 13.8. The number of nitrogens with one attached hydrogen (secondary N) is 1. The summed E-state index contributed by atoms with van der Waals surface area (Å²) in [6.07, 6.45) is 2.03. The van der Waals surface area contributed by atoms with Gasteiger partial charge in [0, 0.05) is 13.1 Å². The third kappa shape index (κ3) is 4.55. The first-order chi connectivity index (χ1) is 8.33. The van der Waals surface area contributed by atoms with Crippen LogP contribution in [0.4, 0.5) is 4.79 Å². The molecule has 0 aromatic heterocycles. The van der Waals surface area contributed by atoms with E-state index in [1.54, 1.807) is 25.7 Å². The fourth-order valence-corrected chi connectivity index (χ4v) is 1.75. The number of carbonyl (C=O) groups is 2. The minimum absolute atomic E-state index is 0.00830. The maximum Gasteiger partial charge on any atom is 0.408 e. The lowest BCUT2D eigenvalue weighted by molar-refractivity contribution is -0.137. The van der Waals surface area contributed by atoms with Gasteiger partial charge in [0.2, 0.25) is 5.91 Å². The van der Waals surface area contributed by atoms with Crippen molar-refractivity contribution in [2.75, 3.05) is 13.1 Å². The second kappa shape index (κ2) is 6.07. The van der Waals surface area contributed by atoms with Crippen LogP contribution >= 0.6 is 0 Å². The summed E-state index contributed by atoms with van der Waals surface area (Å²) in [6.45, 7) is 9.01. The van der Waals surface area contributed by atoms with Crippen LogP contribution < -0.4 is 5.32 Å². The second-order valence-electron chi connectivity index (χ2n) is 5.67. The number of amides is 2. The highest BCUT2D eigenvalue weighted by atomic mass is 16.6. The van der Waals surface area contributed by atoms with Crippen LogP contribution in [-0.4, -0.2) is 41.6 Å². The Morgan fingerprint density at radius 1 is 1.33 bits per heavy atom. The van der Waals surface area contributed by atoms with E-state index in [4.69, 9.17) is 4.74 Å². The zero-order valence-electron chi connectivity index (χ0n) is 11.8. The van der Waals surface area contributed by atoms with Crippen molar-refractivity contribution in [3.05, 3.63) is 0 Å². The molecule has 5 nitrogen and oxygen atoms in total. The van der Waals surface area contributed by atoms with Gasteiger partial charge in [-0.15, -0.1) is 0 Å². The quantitative estimate of drug-likeness (QED) is 0.836. The molecular formula is C13H24N2O3. The van der Waals surface area contributed by atoms with E-state index in [0.717, 1.165) is 25.9 Å². The van der Waals surface area contributed by atoms with Gasteiger partial charge in [-0.2, -0.15) is 0 Å². The van der Waals surface area contributed by atoms with E-state index < -0.39 is 17.7 Å². The molecule has 0 aromatic rings. The Morgan fingerprint density at radius 3 is 2.33 bits per heavy atom. The van der Waals surface area contributed by atoms with Gasteiger partial charge in [0.05, 0.1) is 0 Å². The van der Waals surface area contributed by atoms with Gasteiger partial charge in [-0.1, -0.05) is 13.3 Å². The Hall–Kier alpha value is -1.26. The Labute approximate surface area is 109 Å². The van der Waals surface area contributed by atoms with E-state index >= 15 is 0 Å². The number of alkyl carbamates (subject to hydrolysis) is 1. The summed E-state index contributed by atoms with van der Waals surface area (Å²) in [5.41, 5.74) is -0.541. The predicted molar refractivity (Wildman–Crippen MR) is 69.3 cm³/mol. The predicted octanol–water partition coefficient (Wildman–Crippen LogP) is 1.91. The van der Waals surface area contributed by atoms with Crippen molar-refractivity contribution in [3.8, 4) is 0 Å². The van der Waals surface area contributed by atoms with Gasteiger partial charge in [-0.25, -0.2) is 4.79 Å². The highest BCUT2D eigenvalue weighted by Crippen LogP contribution is 2.12. The van der Waals surface area contributed by atoms with E-state index in [2.05, 4.69) is 5.32 Å². The average Bonchev–Trinajstić information content (AvgIpc) is 2.11. The molecule has 1 N–H and O–H groups in total. The number of carbonyl (C=O) groups excluding carboxylic acids is 2. The first-order valence-corrected chi connectivity index (χ1v) is 6.62. The molecule has 0 aromatic carbocycles. The van der Waals surface area contributed by atoms with Crippen LogP contribution in [0.1, 0.15) is 47.0 Å². The SMILES string of the molecule is CCCC(NC(=O)OC(C)(C)C)C(=O)N1CCC1. The van der Waals surface area contributed by atoms with Crippen molar-refractivity contribution < 1.29 is 14.3 Å². The summed E-state index contributed by atoms with van der Waals surface area (Å²) < 4.78 is 5.18. The van der Waals surface area contributed by atoms with E-state index in [-0.39, 0.29) is 5.91 Å². The van der Waals surface area contributed by atoms with Crippen LogP contribution in [-0.2, 0) is 9.53 Å². The molecule has 0 aliphatic carbocycles. The molecule has 0 spiro atoms. The van der Waals surface area contributed by atoms with Crippen LogP contribution in [0.5, 0.6) is 0 Å². The van der Waals surface area contributed by atoms with Crippen LogP contribution in [0.25, 0.3) is 0 Å². The minimum Gasteiger partial charge on any atom is -0.444 e. The highest BCUT2D eigenvalue weighted by molar-refractivity contribution is 5.86. The molecule has 1 rings (SSSR count). The topological polar surface area (TPSA) is 58.6 Å². The molecule has 1 heterocycles. The number of nitrogens with zero attached hydrogens (tertiary/aromatic N) is 1. The standard InChI is InChI=1S/C13H24N2O3/c1-5-7-10(11(16)15-8-6-9-15)14-12(17)18-13(2,3)4/h10H,5-9H2,1-4H3,(H,14,17). The van der Waals surface area contributed by atoms with Gasteiger partial charge >= 0.3 is 6.09 Å². The Bertz CT molecular complexity index is 306. The highest BCUT2D eigenvalue weighted by Gasteiger charge is 2.29. The summed E-state index contributed by atoms with van der Waals surface area (Å²) in [4.78, 5) is 25.5. The fourth-order valence-electron chi connectivity index (χ4n) is 1.75. The van der Waals surface area contributed by atoms with Crippen LogP contribution in [0.15, 0.2) is 0 Å². The smallest absolute Gasteiger partial charge is 0.408 e. The average molecular weight is 256 g/mol. The molecule has 0 saturated carbocycles. The second-order valence-corrected chi connectivity index (χ2v) is 5.67. The molecule has 104 valence electrons. The van der Waals surface area contributed by atoms with E-state index in [1.165, 1.54) is 0 Å². The van der Waals surface area contributed by atoms with Crippen LogP contribution in [0.3, 0.4) is 0 Å². The van der Waals surface area contributed by atoms with Gasteiger partial charge in [-0.3, -0.25) is 4.79 Å². The third-order valence-corrected chi connectivity index (χ3v) is 2.73. The first kappa shape index (κ1) is 14.8. The van der Waals surface area contributed by atoms with E-state index in [1.807, 2.05) is 6.92 Å². The molecule has 1 aliphatic heterocycles. The normalized spacial score (nSPS) is 16.8. The molecule has 18 heavy (non-hydrogen) atoms. The van der Waals surface area contributed by atoms with Crippen molar-refractivity contribution in [1.29, 1.82) is 0 Å². The van der Waals surface area contributed by atoms with Crippen LogP contribution in [0, 0.1) is 0 Å². The van der Waals surface area contributed by atoms with Gasteiger partial charge in [-0.05, 0) is 33.6 Å². The van der Waals surface area contributed by atoms with Crippen molar-refractivity contribution in [2.45, 2.75) is 58.6 Å². The van der Waals surface area contributed by atoms with Gasteiger partial charge in [0.25, 0.3) is 0 Å². The van der Waals surface area contributed by atoms with Gasteiger partial charge in [0.1, 0.15) is 11.6 Å². The van der Waals surface area contributed by atoms with Crippen molar-refractivity contribution >= 4 is 12.0 Å². The minimum atomic E-state index is -0.541. The molecule has 1 saturated heterocycles. The Balaban J connectivity index is 2.51. The number of hydrogen-bond donors (Lipinski definition) is 1. The molecule has 0 radical (unpaired) electrons. The lowest BCUT2D eigenvalue weighted by atomic mass is 10.1. The lowest BCUT2D eigenvalue weighted by Gasteiger charge is -2.34. The molecule has 1 unspecified atom stereocenters. The maximum absolute atomic E-state index is 12.1. The fraction of sp³-hybridized carbons (Fsp3) is 0.846. The molecule has 1 fully saturated rings. The lowest BCUT2D eigenvalue weighted by Crippen LogP contribution is -2.53. The zero-order valence-corrected chi connectivity index (χ0v) is 11.8. The van der Waals surface area contributed by atoms with E-state index in [0.29, 0.717) is 6.42 Å². The van der Waals surface area contributed by atoms with E-state index in [9.17, 15) is 9.59 Å². The van der Waals surface area contributed by atoms with Crippen molar-refractivity contribution in [1.82, 2.24) is 10.2 Å². The molecule has 0 bridgehead atoms. The summed E-state index contributed by atoms with van der Waals surface area (Å²) in [5.74, 6) is 0.00830. The molecule has 5 heteroatoms. The third-order valence-electron chi connectivity index (χ3n) is 2.73. The van der Waals surface area contributed by atoms with Gasteiger partial charge in [0.15, 0.2) is 0 Å².